The minimum atomic E-state index is -0.161. The van der Waals surface area contributed by atoms with Crippen molar-refractivity contribution < 1.29 is 9.76 Å². The normalized spacial score (nSPS) is 17.9. The van der Waals surface area contributed by atoms with Gasteiger partial charge in [-0.05, 0) is 54.4 Å². The molecule has 1 radical (unpaired) electrons. The van der Waals surface area contributed by atoms with Crippen molar-refractivity contribution in [3.8, 4) is 11.1 Å². The van der Waals surface area contributed by atoms with Gasteiger partial charge in [-0.3, -0.25) is 0 Å². The molecule has 2 aromatic rings. The van der Waals surface area contributed by atoms with Gasteiger partial charge in [0.25, 0.3) is 0 Å². The molecule has 0 amide bonds. The molecule has 2 aromatic carbocycles. The quantitative estimate of drug-likeness (QED) is 0.168. The summed E-state index contributed by atoms with van der Waals surface area (Å²) < 4.78 is 6.02. The molecule has 8 heteroatoms. The Morgan fingerprint density at radius 2 is 1.70 bits per heavy atom. The van der Waals surface area contributed by atoms with Crippen LogP contribution >= 0.6 is 0 Å². The van der Waals surface area contributed by atoms with E-state index in [1.807, 2.05) is 0 Å². The molecule has 0 spiro atoms. The lowest BCUT2D eigenvalue weighted by molar-refractivity contribution is 0.116. The van der Waals surface area contributed by atoms with Gasteiger partial charge in [0.15, 0.2) is 0 Å². The van der Waals surface area contributed by atoms with Crippen LogP contribution < -0.4 is 26.6 Å². The molecule has 2 atom stereocenters. The van der Waals surface area contributed by atoms with Gasteiger partial charge in [0.05, 0.1) is 31.8 Å². The summed E-state index contributed by atoms with van der Waals surface area (Å²) in [4.78, 5) is 0. The Morgan fingerprint density at radius 1 is 1.00 bits per heavy atom. The van der Waals surface area contributed by atoms with Gasteiger partial charge in [0.2, 0.25) is 0 Å². The Kier molecular flexibility index (Phi) is 14.7. The summed E-state index contributed by atoms with van der Waals surface area (Å²) in [7, 11) is 1.08. The SMILES string of the molecule is C=C1CNC(=C)C(NC(=C)CNC(=C)c2ccc(-c3ccc(CCCC)cc3)cc2)COCCCCC(C(=C)NC[B]O)N1. The molecule has 7 nitrogen and oxygen atoms in total. The summed E-state index contributed by atoms with van der Waals surface area (Å²) in [6.45, 7) is 25.4. The number of hydrogen-bond donors (Lipinski definition) is 6. The van der Waals surface area contributed by atoms with Crippen LogP contribution in [0.1, 0.15) is 50.2 Å². The molecule has 1 heterocycles. The second-order valence-corrected chi connectivity index (χ2v) is 11.3. The lowest BCUT2D eigenvalue weighted by Gasteiger charge is -2.26. The average molecular weight is 597 g/mol. The lowest BCUT2D eigenvalue weighted by atomic mass is 10.0. The number of hydrogen-bond acceptors (Lipinski definition) is 7. The fraction of sp³-hybridized carbons (Fsp3) is 0.389. The largest absolute Gasteiger partial charge is 0.452 e. The summed E-state index contributed by atoms with van der Waals surface area (Å²) in [5, 5.41) is 25.8. The van der Waals surface area contributed by atoms with Crippen molar-refractivity contribution in [2.75, 3.05) is 32.7 Å². The molecule has 0 bridgehead atoms. The Labute approximate surface area is 265 Å². The maximum Gasteiger partial charge on any atom is 0.308 e. The van der Waals surface area contributed by atoms with Gasteiger partial charge >= 0.3 is 7.48 Å². The van der Waals surface area contributed by atoms with E-state index < -0.39 is 0 Å². The minimum Gasteiger partial charge on any atom is -0.452 e. The van der Waals surface area contributed by atoms with Gasteiger partial charge in [-0.25, -0.2) is 0 Å². The number of benzene rings is 2. The zero-order chi connectivity index (χ0) is 31.7. The van der Waals surface area contributed by atoms with Crippen LogP contribution in [-0.4, -0.2) is 57.3 Å². The molecule has 235 valence electrons. The van der Waals surface area contributed by atoms with Crippen LogP contribution in [0.4, 0.5) is 0 Å². The van der Waals surface area contributed by atoms with Gasteiger partial charge in [0, 0.05) is 41.5 Å². The third-order valence-electron chi connectivity index (χ3n) is 7.72. The molecular formula is C36H51BN5O2. The third kappa shape index (κ3) is 11.7. The first-order chi connectivity index (χ1) is 21.3. The van der Waals surface area contributed by atoms with E-state index in [-0.39, 0.29) is 12.1 Å². The van der Waals surface area contributed by atoms with E-state index in [2.05, 4.69) is 115 Å². The average Bonchev–Trinajstić information content (AvgIpc) is 3.05. The Morgan fingerprint density at radius 3 is 2.39 bits per heavy atom. The third-order valence-corrected chi connectivity index (χ3v) is 7.72. The van der Waals surface area contributed by atoms with E-state index in [4.69, 9.17) is 9.76 Å². The van der Waals surface area contributed by atoms with E-state index in [9.17, 15) is 0 Å². The highest BCUT2D eigenvalue weighted by Gasteiger charge is 2.17. The van der Waals surface area contributed by atoms with E-state index in [1.165, 1.54) is 29.5 Å². The fourth-order valence-corrected chi connectivity index (χ4v) is 4.98. The van der Waals surface area contributed by atoms with Crippen molar-refractivity contribution in [3.63, 3.8) is 0 Å². The van der Waals surface area contributed by atoms with Gasteiger partial charge in [0.1, 0.15) is 0 Å². The number of aryl methyl sites for hydroxylation is 1. The minimum absolute atomic E-state index is 0.00390. The molecule has 3 rings (SSSR count). The first-order valence-corrected chi connectivity index (χ1v) is 15.7. The van der Waals surface area contributed by atoms with Crippen LogP contribution in [0.5, 0.6) is 0 Å². The molecule has 0 aliphatic carbocycles. The number of nitrogens with one attached hydrogen (secondary N) is 5. The van der Waals surface area contributed by atoms with Crippen LogP contribution in [0.25, 0.3) is 16.8 Å². The Bertz CT molecular complexity index is 1240. The molecule has 2 unspecified atom stereocenters. The second-order valence-electron chi connectivity index (χ2n) is 11.3. The van der Waals surface area contributed by atoms with Gasteiger partial charge in [-0.2, -0.15) is 0 Å². The zero-order valence-corrected chi connectivity index (χ0v) is 26.5. The molecule has 44 heavy (non-hydrogen) atoms. The molecule has 1 aliphatic heterocycles. The maximum atomic E-state index is 9.02. The van der Waals surface area contributed by atoms with Crippen LogP contribution in [0.2, 0.25) is 0 Å². The highest BCUT2D eigenvalue weighted by molar-refractivity contribution is 6.25. The first-order valence-electron chi connectivity index (χ1n) is 15.7. The fourth-order valence-electron chi connectivity index (χ4n) is 4.98. The molecular weight excluding hydrogens is 545 g/mol. The van der Waals surface area contributed by atoms with Crippen molar-refractivity contribution in [2.24, 2.45) is 0 Å². The predicted molar refractivity (Wildman–Crippen MR) is 187 cm³/mol. The van der Waals surface area contributed by atoms with Gasteiger partial charge < -0.3 is 36.3 Å². The van der Waals surface area contributed by atoms with E-state index >= 15 is 0 Å². The lowest BCUT2D eigenvalue weighted by Crippen LogP contribution is -2.43. The molecule has 1 fully saturated rings. The van der Waals surface area contributed by atoms with Crippen molar-refractivity contribution >= 4 is 13.2 Å². The number of ether oxygens (including phenoxy) is 1. The van der Waals surface area contributed by atoms with E-state index in [0.29, 0.717) is 32.7 Å². The first kappa shape index (κ1) is 34.6. The molecule has 0 aromatic heterocycles. The Balaban J connectivity index is 1.50. The summed E-state index contributed by atoms with van der Waals surface area (Å²) in [6, 6.07) is 17.2. The van der Waals surface area contributed by atoms with Crippen molar-refractivity contribution in [3.05, 3.63) is 115 Å². The van der Waals surface area contributed by atoms with Crippen molar-refractivity contribution in [2.45, 2.75) is 57.5 Å². The standard InChI is InChI=1S/C36H51BN5O2/c1-7-8-11-31-13-15-33(16-14-31)34-19-17-32(18-20-34)28(4)38-22-27(3)42-36-24-44-21-10-9-12-35(29(5)40-25-37-43)41-26(2)23-39-30(36)6/h13-20,35-36,38-43H,2-12,21-25H2,1H3. The topological polar surface area (TPSA) is 89.6 Å². The highest BCUT2D eigenvalue weighted by Crippen LogP contribution is 2.22. The molecule has 1 saturated heterocycles. The number of rotatable bonds is 14. The second kappa shape index (κ2) is 18.7. The monoisotopic (exact) mass is 596 g/mol. The van der Waals surface area contributed by atoms with Crippen LogP contribution in [0.3, 0.4) is 0 Å². The number of unbranched alkanes of at least 4 members (excludes halogenated alkanes) is 1. The Hall–Kier alpha value is -3.88. The van der Waals surface area contributed by atoms with E-state index in [0.717, 1.165) is 67.2 Å². The molecule has 1 aliphatic rings. The summed E-state index contributed by atoms with van der Waals surface area (Å²) in [5.41, 5.74) is 8.93. The van der Waals surface area contributed by atoms with E-state index in [1.54, 1.807) is 0 Å². The van der Waals surface area contributed by atoms with Gasteiger partial charge in [-0.15, -0.1) is 0 Å². The van der Waals surface area contributed by atoms with Crippen LogP contribution in [0, 0.1) is 0 Å². The highest BCUT2D eigenvalue weighted by atomic mass is 16.5. The molecule has 0 saturated carbocycles. The summed E-state index contributed by atoms with van der Waals surface area (Å²) >= 11 is 0. The van der Waals surface area contributed by atoms with Crippen molar-refractivity contribution in [1.82, 2.24) is 26.6 Å². The van der Waals surface area contributed by atoms with Crippen LogP contribution in [0.15, 0.2) is 104 Å². The van der Waals surface area contributed by atoms with Gasteiger partial charge in [-0.1, -0.05) is 94.8 Å². The van der Waals surface area contributed by atoms with Crippen molar-refractivity contribution in [1.29, 1.82) is 0 Å². The zero-order valence-electron chi connectivity index (χ0n) is 26.5. The molecule has 6 N–H and O–H groups in total. The summed E-state index contributed by atoms with van der Waals surface area (Å²) in [6.07, 6.45) is 6.68. The maximum absolute atomic E-state index is 9.02. The van der Waals surface area contributed by atoms with Crippen LogP contribution in [-0.2, 0) is 11.2 Å². The smallest absolute Gasteiger partial charge is 0.308 e. The predicted octanol–water partition coefficient (Wildman–Crippen LogP) is 5.18. The summed E-state index contributed by atoms with van der Waals surface area (Å²) in [5.74, 6) is 0.